The van der Waals surface area contributed by atoms with Crippen LogP contribution in [0.15, 0.2) is 38.0 Å². The summed E-state index contributed by atoms with van der Waals surface area (Å²) in [7, 11) is -0.935. The van der Waals surface area contributed by atoms with E-state index in [-0.39, 0.29) is 0 Å². The maximum atomic E-state index is 3.99. The van der Waals surface area contributed by atoms with Crippen LogP contribution in [-0.2, 0) is 0 Å². The molecule has 26 heavy (non-hydrogen) atoms. The van der Waals surface area contributed by atoms with Crippen molar-refractivity contribution in [1.82, 2.24) is 0 Å². The Kier molecular flexibility index (Phi) is 19.2. The summed E-state index contributed by atoms with van der Waals surface area (Å²) in [4.78, 5) is 0. The van der Waals surface area contributed by atoms with Crippen molar-refractivity contribution in [3.63, 3.8) is 0 Å². The summed E-state index contributed by atoms with van der Waals surface area (Å²) < 4.78 is 0. The highest BCUT2D eigenvalue weighted by Gasteiger charge is 2.32. The van der Waals surface area contributed by atoms with Crippen LogP contribution in [0.1, 0.15) is 96.8 Å². The zero-order valence-corrected chi connectivity index (χ0v) is 18.9. The fourth-order valence-electron chi connectivity index (χ4n) is 3.96. The van der Waals surface area contributed by atoms with Gasteiger partial charge in [-0.05, 0) is 12.8 Å². The number of allylic oxidation sites excluding steroid dienone is 3. The first-order chi connectivity index (χ1) is 12.7. The maximum absolute atomic E-state index is 3.99. The molecule has 0 nitrogen and oxygen atoms in total. The van der Waals surface area contributed by atoms with Gasteiger partial charge in [0, 0.05) is 7.26 Å². The first-order valence-electron chi connectivity index (χ1n) is 11.4. The molecule has 0 heterocycles. The Morgan fingerprint density at radius 3 is 1.12 bits per heavy atom. The average molecular weight is 380 g/mol. The van der Waals surface area contributed by atoms with Gasteiger partial charge < -0.3 is 0 Å². The van der Waals surface area contributed by atoms with E-state index in [2.05, 4.69) is 44.9 Å². The van der Waals surface area contributed by atoms with Crippen LogP contribution in [0.3, 0.4) is 0 Å². The van der Waals surface area contributed by atoms with E-state index in [0.29, 0.717) is 0 Å². The Labute approximate surface area is 167 Å². The van der Waals surface area contributed by atoms with Crippen LogP contribution < -0.4 is 0 Å². The van der Waals surface area contributed by atoms with Crippen LogP contribution in [0.4, 0.5) is 0 Å². The van der Waals surface area contributed by atoms with Crippen molar-refractivity contribution in [2.45, 2.75) is 96.8 Å². The third-order valence-corrected chi connectivity index (χ3v) is 9.90. The van der Waals surface area contributed by atoms with E-state index in [4.69, 9.17) is 0 Å². The normalized spacial score (nSPS) is 11.4. The van der Waals surface area contributed by atoms with Gasteiger partial charge in [-0.25, -0.2) is 0 Å². The quantitative estimate of drug-likeness (QED) is 0.106. The molecule has 0 aliphatic heterocycles. The minimum atomic E-state index is -0.935. The highest BCUT2D eigenvalue weighted by Crippen LogP contribution is 2.59. The van der Waals surface area contributed by atoms with Gasteiger partial charge in [-0.3, -0.25) is 0 Å². The van der Waals surface area contributed by atoms with E-state index in [9.17, 15) is 0 Å². The molecule has 0 spiro atoms. The van der Waals surface area contributed by atoms with Gasteiger partial charge in [-0.1, -0.05) is 122 Å². The SMILES string of the molecule is C=CC[P+](CC=C)(CC=C)CCCCCCCCCCCCCCCC. The lowest BCUT2D eigenvalue weighted by atomic mass is 10.0. The molecule has 0 unspecified atom stereocenters. The monoisotopic (exact) mass is 379 g/mol. The largest absolute Gasteiger partial charge is 0.0995 e. The second-order valence-electron chi connectivity index (χ2n) is 8.08. The van der Waals surface area contributed by atoms with Gasteiger partial charge in [-0.2, -0.15) is 0 Å². The number of hydrogen-bond acceptors (Lipinski definition) is 0. The minimum Gasteiger partial charge on any atom is -0.0995 e. The molecule has 0 bridgehead atoms. The predicted octanol–water partition coefficient (Wildman–Crippen LogP) is 9.04. The fraction of sp³-hybridized carbons (Fsp3) is 0.760. The summed E-state index contributed by atoms with van der Waals surface area (Å²) in [6, 6.07) is 0. The van der Waals surface area contributed by atoms with Gasteiger partial charge in [0.25, 0.3) is 0 Å². The highest BCUT2D eigenvalue weighted by atomic mass is 31.2. The lowest BCUT2D eigenvalue weighted by Gasteiger charge is -2.24. The third-order valence-electron chi connectivity index (χ3n) is 5.54. The van der Waals surface area contributed by atoms with Gasteiger partial charge in [0.05, 0.1) is 24.6 Å². The van der Waals surface area contributed by atoms with Crippen molar-refractivity contribution < 1.29 is 0 Å². The zero-order valence-electron chi connectivity index (χ0n) is 18.0. The molecule has 0 aromatic heterocycles. The first-order valence-corrected chi connectivity index (χ1v) is 14.0. The number of rotatable bonds is 21. The molecule has 0 saturated carbocycles. The Hall–Kier alpha value is -0.350. The van der Waals surface area contributed by atoms with Crippen LogP contribution in [-0.4, -0.2) is 24.6 Å². The second-order valence-corrected chi connectivity index (χ2v) is 12.3. The fourth-order valence-corrected chi connectivity index (χ4v) is 7.49. The van der Waals surface area contributed by atoms with E-state index >= 15 is 0 Å². The van der Waals surface area contributed by atoms with Gasteiger partial charge >= 0.3 is 0 Å². The van der Waals surface area contributed by atoms with Crippen molar-refractivity contribution in [3.05, 3.63) is 38.0 Å². The third kappa shape index (κ3) is 14.8. The molecule has 0 fully saturated rings. The Morgan fingerprint density at radius 1 is 0.500 bits per heavy atom. The lowest BCUT2D eigenvalue weighted by molar-refractivity contribution is 0.538. The van der Waals surface area contributed by atoms with Crippen molar-refractivity contribution in [2.24, 2.45) is 0 Å². The molecule has 0 saturated heterocycles. The van der Waals surface area contributed by atoms with Crippen molar-refractivity contribution in [3.8, 4) is 0 Å². The Bertz CT molecular complexity index is 305. The van der Waals surface area contributed by atoms with Crippen LogP contribution >= 0.6 is 7.26 Å². The van der Waals surface area contributed by atoms with Crippen LogP contribution in [0, 0.1) is 0 Å². The molecular formula is C25H48P+. The standard InChI is InChI=1S/C25H48P/c1-5-9-10-11-12-13-14-15-16-17-18-19-20-21-25-26(22-6-2,23-7-3)24-8-4/h6-8H,2-5,9-25H2,1H3/q+1. The second kappa shape index (κ2) is 19.4. The Morgan fingerprint density at radius 2 is 0.808 bits per heavy atom. The topological polar surface area (TPSA) is 0 Å². The maximum Gasteiger partial charge on any atom is 0.0777 e. The van der Waals surface area contributed by atoms with Gasteiger partial charge in [0.2, 0.25) is 0 Å². The summed E-state index contributed by atoms with van der Waals surface area (Å²) in [5.41, 5.74) is 0. The first kappa shape index (κ1) is 25.6. The number of unbranched alkanes of at least 4 members (excludes halogenated alkanes) is 13. The van der Waals surface area contributed by atoms with Crippen LogP contribution in [0.25, 0.3) is 0 Å². The molecule has 0 aromatic rings. The van der Waals surface area contributed by atoms with E-state index in [1.807, 2.05) is 0 Å². The zero-order chi connectivity index (χ0) is 19.3. The summed E-state index contributed by atoms with van der Waals surface area (Å²) >= 11 is 0. The predicted molar refractivity (Wildman–Crippen MR) is 127 cm³/mol. The van der Waals surface area contributed by atoms with E-state index in [1.54, 1.807) is 0 Å². The molecule has 0 aliphatic rings. The number of hydrogen-bond donors (Lipinski definition) is 0. The van der Waals surface area contributed by atoms with Gasteiger partial charge in [-0.15, -0.1) is 0 Å². The molecule has 1 heteroatoms. The molecule has 0 N–H and O–H groups in total. The van der Waals surface area contributed by atoms with Crippen molar-refractivity contribution in [2.75, 3.05) is 24.6 Å². The van der Waals surface area contributed by atoms with E-state index in [1.165, 1.54) is 115 Å². The molecular weight excluding hydrogens is 331 g/mol. The molecule has 0 rings (SSSR count). The van der Waals surface area contributed by atoms with Crippen LogP contribution in [0.2, 0.25) is 0 Å². The van der Waals surface area contributed by atoms with E-state index < -0.39 is 7.26 Å². The summed E-state index contributed by atoms with van der Waals surface area (Å²) in [5, 5.41) is 0. The minimum absolute atomic E-state index is 0.935. The molecule has 0 amide bonds. The van der Waals surface area contributed by atoms with Gasteiger partial charge in [0.15, 0.2) is 0 Å². The van der Waals surface area contributed by atoms with Gasteiger partial charge in [0.1, 0.15) is 0 Å². The van der Waals surface area contributed by atoms with E-state index in [0.717, 1.165) is 0 Å². The van der Waals surface area contributed by atoms with Crippen molar-refractivity contribution >= 4 is 7.26 Å². The lowest BCUT2D eigenvalue weighted by Crippen LogP contribution is -2.09. The average Bonchev–Trinajstić information content (AvgIpc) is 2.63. The summed E-state index contributed by atoms with van der Waals surface area (Å²) in [6.45, 7) is 14.3. The highest BCUT2D eigenvalue weighted by molar-refractivity contribution is 7.76. The smallest absolute Gasteiger partial charge is 0.0777 e. The summed E-state index contributed by atoms with van der Waals surface area (Å²) in [6.07, 6.45) is 31.5. The van der Waals surface area contributed by atoms with Crippen molar-refractivity contribution in [1.29, 1.82) is 0 Å². The molecule has 0 aromatic carbocycles. The molecule has 152 valence electrons. The molecule has 0 atom stereocenters. The Balaban J connectivity index is 3.57. The molecule has 0 aliphatic carbocycles. The molecule has 0 radical (unpaired) electrons. The summed E-state index contributed by atoms with van der Waals surface area (Å²) in [5.74, 6) is 0. The van der Waals surface area contributed by atoms with Crippen LogP contribution in [0.5, 0.6) is 0 Å².